The maximum atomic E-state index is 12.7. The van der Waals surface area contributed by atoms with Crippen molar-refractivity contribution in [3.05, 3.63) is 12.2 Å². The fourth-order valence-corrected chi connectivity index (χ4v) is 5.72. The Balaban J connectivity index is 1.11. The Labute approximate surface area is 180 Å². The van der Waals surface area contributed by atoms with Crippen LogP contribution in [0.2, 0.25) is 0 Å². The zero-order chi connectivity index (χ0) is 20.9. The number of aliphatic imine (C=N–C) groups is 1. The summed E-state index contributed by atoms with van der Waals surface area (Å²) in [7, 11) is 1.78. The van der Waals surface area contributed by atoms with Crippen LogP contribution in [0.5, 0.6) is 0 Å². The van der Waals surface area contributed by atoms with Crippen molar-refractivity contribution >= 4 is 17.8 Å². The number of fused-ring (bicyclic) bond motifs is 5. The number of hydrogen-bond donors (Lipinski definition) is 2. The van der Waals surface area contributed by atoms with E-state index in [-0.39, 0.29) is 35.5 Å². The summed E-state index contributed by atoms with van der Waals surface area (Å²) in [4.78, 5) is 33.8. The normalized spacial score (nSPS) is 31.4. The Morgan fingerprint density at radius 1 is 0.933 bits per heavy atom. The van der Waals surface area contributed by atoms with E-state index >= 15 is 0 Å². The number of nitrogens with zero attached hydrogens (tertiary/aromatic N) is 3. The van der Waals surface area contributed by atoms with E-state index in [4.69, 9.17) is 0 Å². The zero-order valence-electron chi connectivity index (χ0n) is 18.3. The van der Waals surface area contributed by atoms with Crippen LogP contribution < -0.4 is 10.6 Å². The fourth-order valence-electron chi connectivity index (χ4n) is 5.72. The van der Waals surface area contributed by atoms with Gasteiger partial charge in [0, 0.05) is 26.7 Å². The summed E-state index contributed by atoms with van der Waals surface area (Å²) in [5, 5.41) is 6.69. The molecule has 2 N–H and O–H groups in total. The van der Waals surface area contributed by atoms with Crippen molar-refractivity contribution < 1.29 is 9.59 Å². The summed E-state index contributed by atoms with van der Waals surface area (Å²) >= 11 is 0. The third kappa shape index (κ3) is 4.56. The number of nitrogens with one attached hydrogen (secondary N) is 2. The first kappa shape index (κ1) is 21.3. The van der Waals surface area contributed by atoms with Gasteiger partial charge in [0.05, 0.1) is 11.8 Å². The molecule has 2 heterocycles. The van der Waals surface area contributed by atoms with E-state index in [0.29, 0.717) is 13.1 Å². The molecule has 166 valence electrons. The molecule has 2 aliphatic carbocycles. The molecular formula is C23H37N5O2. The van der Waals surface area contributed by atoms with E-state index in [2.05, 4.69) is 32.7 Å². The molecule has 2 bridgehead atoms. The molecule has 3 fully saturated rings. The van der Waals surface area contributed by atoms with E-state index in [1.54, 1.807) is 7.05 Å². The second kappa shape index (κ2) is 9.94. The Bertz CT molecular complexity index is 653. The second-order valence-electron chi connectivity index (χ2n) is 9.22. The number of allylic oxidation sites excluding steroid dienone is 2. The molecule has 0 aromatic rings. The van der Waals surface area contributed by atoms with Gasteiger partial charge in [0.2, 0.25) is 11.8 Å². The summed E-state index contributed by atoms with van der Waals surface area (Å²) in [6.07, 6.45) is 12.5. The van der Waals surface area contributed by atoms with Crippen LogP contribution in [-0.4, -0.2) is 73.9 Å². The third-order valence-electron chi connectivity index (χ3n) is 7.28. The van der Waals surface area contributed by atoms with Crippen LogP contribution in [-0.2, 0) is 9.59 Å². The van der Waals surface area contributed by atoms with Crippen LogP contribution in [0.25, 0.3) is 0 Å². The quantitative estimate of drug-likeness (QED) is 0.207. The third-order valence-corrected chi connectivity index (χ3v) is 7.28. The van der Waals surface area contributed by atoms with Crippen molar-refractivity contribution in [1.29, 1.82) is 0 Å². The first-order valence-electron chi connectivity index (χ1n) is 11.9. The maximum absolute atomic E-state index is 12.7. The van der Waals surface area contributed by atoms with E-state index in [9.17, 15) is 9.59 Å². The van der Waals surface area contributed by atoms with Crippen LogP contribution >= 0.6 is 0 Å². The van der Waals surface area contributed by atoms with Gasteiger partial charge in [-0.15, -0.1) is 0 Å². The standard InChI is InChI=1S/C23H37N5O2/c1-24-23(25-10-6-14-27-12-4-2-3-5-13-27)26-11-7-15-28-21(29)19-17-8-9-18(16-17)20(19)22(28)30/h8-9,17-20H,2-7,10-16H2,1H3,(H2,24,25,26). The molecule has 2 amide bonds. The number of carbonyl (C=O) groups is 2. The number of rotatable bonds is 8. The summed E-state index contributed by atoms with van der Waals surface area (Å²) in [6.45, 7) is 5.72. The minimum absolute atomic E-state index is 0.0536. The van der Waals surface area contributed by atoms with Gasteiger partial charge in [0.1, 0.15) is 0 Å². The van der Waals surface area contributed by atoms with Crippen molar-refractivity contribution in [2.75, 3.05) is 46.3 Å². The molecule has 7 nitrogen and oxygen atoms in total. The first-order chi connectivity index (χ1) is 14.7. The van der Waals surface area contributed by atoms with E-state index in [1.165, 1.54) is 43.7 Å². The van der Waals surface area contributed by atoms with Gasteiger partial charge < -0.3 is 15.5 Å². The van der Waals surface area contributed by atoms with Gasteiger partial charge >= 0.3 is 0 Å². The van der Waals surface area contributed by atoms with Crippen molar-refractivity contribution in [2.24, 2.45) is 28.7 Å². The predicted molar refractivity (Wildman–Crippen MR) is 118 cm³/mol. The highest BCUT2D eigenvalue weighted by molar-refractivity contribution is 6.06. The van der Waals surface area contributed by atoms with Gasteiger partial charge in [-0.2, -0.15) is 0 Å². The molecule has 4 rings (SSSR count). The topological polar surface area (TPSA) is 77.0 Å². The highest BCUT2D eigenvalue weighted by Crippen LogP contribution is 2.52. The van der Waals surface area contributed by atoms with Gasteiger partial charge in [-0.1, -0.05) is 25.0 Å². The average Bonchev–Trinajstić information content (AvgIpc) is 3.36. The monoisotopic (exact) mass is 415 g/mol. The molecule has 0 aromatic heterocycles. The smallest absolute Gasteiger partial charge is 0.233 e. The molecule has 0 aromatic carbocycles. The number of amides is 2. The van der Waals surface area contributed by atoms with Gasteiger partial charge in [-0.3, -0.25) is 19.5 Å². The number of carbonyl (C=O) groups excluding carboxylic acids is 2. The number of likely N-dealkylation sites (tertiary alicyclic amines) is 2. The average molecular weight is 416 g/mol. The molecule has 4 unspecified atom stereocenters. The summed E-state index contributed by atoms with van der Waals surface area (Å²) < 4.78 is 0. The number of hydrogen-bond acceptors (Lipinski definition) is 4. The number of imide groups is 1. The molecule has 0 spiro atoms. The van der Waals surface area contributed by atoms with Crippen LogP contribution in [0, 0.1) is 23.7 Å². The van der Waals surface area contributed by atoms with Gasteiger partial charge in [-0.25, -0.2) is 0 Å². The van der Waals surface area contributed by atoms with E-state index < -0.39 is 0 Å². The first-order valence-corrected chi connectivity index (χ1v) is 11.9. The Hall–Kier alpha value is -1.89. The Morgan fingerprint density at radius 3 is 2.07 bits per heavy atom. The van der Waals surface area contributed by atoms with Crippen LogP contribution in [0.3, 0.4) is 0 Å². The van der Waals surface area contributed by atoms with Crippen molar-refractivity contribution in [2.45, 2.75) is 44.9 Å². The minimum Gasteiger partial charge on any atom is -0.356 e. The summed E-state index contributed by atoms with van der Waals surface area (Å²) in [5.41, 5.74) is 0. The van der Waals surface area contributed by atoms with Crippen molar-refractivity contribution in [3.8, 4) is 0 Å². The zero-order valence-corrected chi connectivity index (χ0v) is 18.3. The van der Waals surface area contributed by atoms with Gasteiger partial charge in [-0.05, 0) is 63.6 Å². The van der Waals surface area contributed by atoms with Gasteiger partial charge in [0.25, 0.3) is 0 Å². The lowest BCUT2D eigenvalue weighted by Gasteiger charge is -2.20. The molecule has 4 aliphatic rings. The lowest BCUT2D eigenvalue weighted by atomic mass is 9.85. The molecule has 7 heteroatoms. The Kier molecular flexibility index (Phi) is 7.08. The second-order valence-corrected chi connectivity index (χ2v) is 9.22. The highest BCUT2D eigenvalue weighted by Gasteiger charge is 2.58. The molecule has 2 saturated heterocycles. The molecule has 30 heavy (non-hydrogen) atoms. The predicted octanol–water partition coefficient (Wildman–Crippen LogP) is 1.61. The van der Waals surface area contributed by atoms with Gasteiger partial charge in [0.15, 0.2) is 5.96 Å². The molecule has 1 saturated carbocycles. The molecule has 2 aliphatic heterocycles. The maximum Gasteiger partial charge on any atom is 0.233 e. The van der Waals surface area contributed by atoms with Crippen LogP contribution in [0.1, 0.15) is 44.9 Å². The lowest BCUT2D eigenvalue weighted by Crippen LogP contribution is -2.41. The number of guanidine groups is 1. The van der Waals surface area contributed by atoms with Crippen LogP contribution in [0.15, 0.2) is 17.1 Å². The largest absolute Gasteiger partial charge is 0.356 e. The summed E-state index contributed by atoms with van der Waals surface area (Å²) in [6, 6.07) is 0. The van der Waals surface area contributed by atoms with Crippen LogP contribution in [0.4, 0.5) is 0 Å². The highest BCUT2D eigenvalue weighted by atomic mass is 16.2. The minimum atomic E-state index is -0.0842. The Morgan fingerprint density at radius 2 is 1.50 bits per heavy atom. The van der Waals surface area contributed by atoms with Crippen molar-refractivity contribution in [3.63, 3.8) is 0 Å². The van der Waals surface area contributed by atoms with E-state index in [1.807, 2.05) is 0 Å². The summed E-state index contributed by atoms with van der Waals surface area (Å²) in [5.74, 6) is 1.31. The fraction of sp³-hybridized carbons (Fsp3) is 0.783. The molecule has 0 radical (unpaired) electrons. The molecule has 4 atom stereocenters. The van der Waals surface area contributed by atoms with E-state index in [0.717, 1.165) is 38.3 Å². The lowest BCUT2D eigenvalue weighted by molar-refractivity contribution is -0.140. The van der Waals surface area contributed by atoms with Crippen molar-refractivity contribution in [1.82, 2.24) is 20.4 Å². The molecular weight excluding hydrogens is 378 g/mol. The SMILES string of the molecule is CN=C(NCCCN1CCCCCC1)NCCCN1C(=O)C2C3C=CC(C3)C2C1=O.